The van der Waals surface area contributed by atoms with Gasteiger partial charge in [0.05, 0.1) is 22.7 Å². The van der Waals surface area contributed by atoms with Crippen molar-refractivity contribution in [3.05, 3.63) is 97.1 Å². The maximum atomic E-state index is 13.5. The Balaban J connectivity index is 0.000000212. The lowest BCUT2D eigenvalue weighted by Crippen LogP contribution is -2.39. The van der Waals surface area contributed by atoms with Gasteiger partial charge in [-0.3, -0.25) is 38.4 Å². The van der Waals surface area contributed by atoms with E-state index in [1.54, 1.807) is 0 Å². The van der Waals surface area contributed by atoms with Gasteiger partial charge in [0.2, 0.25) is 23.6 Å². The summed E-state index contributed by atoms with van der Waals surface area (Å²) in [7, 11) is 0. The summed E-state index contributed by atoms with van der Waals surface area (Å²) in [6.07, 6.45) is 47.7. The van der Waals surface area contributed by atoms with Crippen LogP contribution in [0.3, 0.4) is 0 Å². The number of anilines is 4. The van der Waals surface area contributed by atoms with E-state index in [1.165, 1.54) is 72.7 Å². The topological polar surface area (TPSA) is 185 Å². The summed E-state index contributed by atoms with van der Waals surface area (Å²) in [5.74, 6) is 3.98. The van der Waals surface area contributed by atoms with Crippen LogP contribution in [0.1, 0.15) is 365 Å². The van der Waals surface area contributed by atoms with E-state index in [2.05, 4.69) is 97.4 Å². The van der Waals surface area contributed by atoms with Crippen molar-refractivity contribution >= 4 is 114 Å². The zero-order valence-corrected chi connectivity index (χ0v) is 76.3. The molecule has 4 N–H and O–H groups in total. The van der Waals surface area contributed by atoms with Gasteiger partial charge in [0.1, 0.15) is 0 Å². The van der Waals surface area contributed by atoms with Crippen molar-refractivity contribution in [3.63, 3.8) is 0 Å². The van der Waals surface area contributed by atoms with E-state index in [0.29, 0.717) is 42.4 Å². The first-order valence-electron chi connectivity index (χ1n) is 46.1. The highest BCUT2D eigenvalue weighted by atomic mass is 32.2. The number of benzene rings is 4. The second-order valence-electron chi connectivity index (χ2n) is 35.5. The van der Waals surface area contributed by atoms with Crippen LogP contribution in [0.15, 0.2) is 117 Å². The third kappa shape index (κ3) is 30.5. The van der Waals surface area contributed by atoms with Crippen molar-refractivity contribution in [3.8, 4) is 0 Å². The maximum absolute atomic E-state index is 13.5. The molecule has 6 aliphatic carbocycles. The van der Waals surface area contributed by atoms with Crippen molar-refractivity contribution in [2.45, 2.75) is 385 Å². The van der Waals surface area contributed by atoms with Gasteiger partial charge in [-0.2, -0.15) is 0 Å². The van der Waals surface area contributed by atoms with Gasteiger partial charge in [0.15, 0.2) is 20.5 Å². The first-order chi connectivity index (χ1) is 55.6. The zero-order chi connectivity index (χ0) is 83.1. The molecule has 0 aromatic heterocycles. The van der Waals surface area contributed by atoms with Gasteiger partial charge in [-0.05, 0) is 241 Å². The van der Waals surface area contributed by atoms with Crippen LogP contribution in [0.2, 0.25) is 0 Å². The van der Waals surface area contributed by atoms with Crippen molar-refractivity contribution in [2.24, 2.45) is 63.1 Å². The lowest BCUT2D eigenvalue weighted by molar-refractivity contribution is -0.129. The predicted octanol–water partition coefficient (Wildman–Crippen LogP) is 29.1. The van der Waals surface area contributed by atoms with E-state index in [9.17, 15) is 38.4 Å². The Kier molecular flexibility index (Phi) is 43.4. The van der Waals surface area contributed by atoms with Crippen molar-refractivity contribution in [2.75, 3.05) is 21.3 Å². The summed E-state index contributed by atoms with van der Waals surface area (Å²) in [6.45, 7) is 24.3. The largest absolute Gasteiger partial charge is 0.325 e. The third-order valence-corrected chi connectivity index (χ3v) is 31.2. The van der Waals surface area contributed by atoms with E-state index in [-0.39, 0.29) is 77.6 Å². The lowest BCUT2D eigenvalue weighted by Gasteiger charge is -2.38. The highest BCUT2D eigenvalue weighted by Crippen LogP contribution is 2.50. The van der Waals surface area contributed by atoms with Crippen LogP contribution in [-0.4, -0.2) is 44.1 Å². The quantitative estimate of drug-likeness (QED) is 0.0248. The SMILES string of the molecule is CCC(CC)CC1(C(=O)Nc2ccccc2SC(=O)C2CCC2)CCCCC1.CCC(CC)CC1(C(=O)Nc2ccccc2SC(=O)C2CCCC2)CCCCC1.CCC(CC)CC1(C(=O)Nc2ccccc2SC(=O)CCC(C)C)CCCCC1.CCCCCC(=O)Sc1ccccc1NC(=O)C1(CC(CC)CC)CCCCC1. The molecule has 0 radical (unpaired) electrons. The van der Waals surface area contributed by atoms with Gasteiger partial charge >= 0.3 is 0 Å². The molecule has 6 aliphatic rings. The Morgan fingerprint density at radius 2 is 0.574 bits per heavy atom. The molecule has 0 saturated heterocycles. The fraction of sp³-hybridized carbons (Fsp3) is 0.677. The van der Waals surface area contributed by atoms with Crippen LogP contribution in [0.5, 0.6) is 0 Å². The molecule has 4 amide bonds. The normalized spacial score (nSPS) is 17.7. The summed E-state index contributed by atoms with van der Waals surface area (Å²) >= 11 is 5.18. The van der Waals surface area contributed by atoms with E-state index in [0.717, 1.165) is 293 Å². The first kappa shape index (κ1) is 97.0. The van der Waals surface area contributed by atoms with Gasteiger partial charge < -0.3 is 21.3 Å². The van der Waals surface area contributed by atoms with Crippen LogP contribution in [0.4, 0.5) is 22.7 Å². The molecular formula is C99H150N4O8S4. The number of carbonyl (C=O) groups is 8. The summed E-state index contributed by atoms with van der Waals surface area (Å²) in [4.78, 5) is 107. The van der Waals surface area contributed by atoms with Crippen molar-refractivity contribution in [1.29, 1.82) is 0 Å². The minimum atomic E-state index is -0.256. The molecule has 0 aliphatic heterocycles. The molecule has 6 fully saturated rings. The molecule has 4 aromatic rings. The summed E-state index contributed by atoms with van der Waals surface area (Å²) < 4.78 is 0. The van der Waals surface area contributed by atoms with Crippen LogP contribution >= 0.6 is 47.0 Å². The molecule has 0 heterocycles. The molecule has 0 spiro atoms. The standard InChI is InChI=1S/C25H37NO2S.2C25H39NO2S.C24H35NO2S/c1-3-19(4-2)18-25(16-10-5-11-17-25)24(28)26-21-14-8-9-15-22(21)29-23(27)20-12-6-7-13-20;1-5-20(6-2)18-25(16-10-7-11-17-25)24(28)26-21-12-8-9-13-22(21)29-23(27)15-14-19(3)4;1-4-7-9-16-23(27)29-22-15-11-10-14-21(22)26-24(28)25(17-12-8-13-18-25)19-20(5-2)6-3;1-3-18(4-2)17-24(15-8-5-9-16-24)23(27)25-20-13-6-7-14-21(20)28-22(26)19-11-10-12-19/h8-9,14-15,19-20H,3-7,10-13,16-18H2,1-2H3,(H,26,28);8-9,12-13,19-20H,5-7,10-11,14-18H2,1-4H3,(H,26,28);10-11,14-15,20H,4-9,12-13,16-19H2,1-3H3,(H,26,28);6-7,13-14,18-19H,3-5,8-12,15-17H2,1-2H3,(H,25,27). The molecular weight excluding hydrogens is 1500 g/mol. The molecule has 16 heteroatoms. The molecule has 0 atom stereocenters. The van der Waals surface area contributed by atoms with Crippen molar-refractivity contribution in [1.82, 2.24) is 0 Å². The first-order valence-corrected chi connectivity index (χ1v) is 49.3. The monoisotopic (exact) mass is 1650 g/mol. The van der Waals surface area contributed by atoms with Crippen LogP contribution in [0.25, 0.3) is 0 Å². The van der Waals surface area contributed by atoms with Crippen LogP contribution in [-0.2, 0) is 38.4 Å². The van der Waals surface area contributed by atoms with Gasteiger partial charge in [-0.15, -0.1) is 0 Å². The molecule has 0 bridgehead atoms. The Hall–Kier alpha value is -5.16. The Morgan fingerprint density at radius 1 is 0.322 bits per heavy atom. The van der Waals surface area contributed by atoms with Gasteiger partial charge in [0, 0.05) is 65.9 Å². The third-order valence-electron chi connectivity index (χ3n) is 27.0. The van der Waals surface area contributed by atoms with E-state index < -0.39 is 0 Å². The molecule has 115 heavy (non-hydrogen) atoms. The number of para-hydroxylation sites is 4. The number of carbonyl (C=O) groups excluding carboxylic acids is 8. The molecule has 6 saturated carbocycles. The average Bonchev–Trinajstić information content (AvgIpc) is 0.908. The summed E-state index contributed by atoms with van der Waals surface area (Å²) in [5.41, 5.74) is 2.19. The number of hydrogen-bond acceptors (Lipinski definition) is 12. The molecule has 0 unspecified atom stereocenters. The number of thioether (sulfide) groups is 4. The zero-order valence-electron chi connectivity index (χ0n) is 73.0. The Labute approximate surface area is 713 Å². The predicted molar refractivity (Wildman–Crippen MR) is 488 cm³/mol. The average molecular weight is 1650 g/mol. The second-order valence-corrected chi connectivity index (χ2v) is 39.8. The van der Waals surface area contributed by atoms with Gasteiger partial charge in [-0.25, -0.2) is 0 Å². The highest BCUT2D eigenvalue weighted by Gasteiger charge is 2.45. The minimum absolute atomic E-state index is 0.159. The number of hydrogen-bond donors (Lipinski definition) is 4. The number of amides is 4. The van der Waals surface area contributed by atoms with Gasteiger partial charge in [-0.1, -0.05) is 285 Å². The smallest absolute Gasteiger partial charge is 0.230 e. The van der Waals surface area contributed by atoms with Crippen LogP contribution in [0, 0.1) is 63.1 Å². The molecule has 638 valence electrons. The molecule has 12 nitrogen and oxygen atoms in total. The van der Waals surface area contributed by atoms with E-state index >= 15 is 0 Å². The van der Waals surface area contributed by atoms with Crippen molar-refractivity contribution < 1.29 is 38.4 Å². The highest BCUT2D eigenvalue weighted by molar-refractivity contribution is 8.14. The van der Waals surface area contributed by atoms with E-state index in [1.807, 2.05) is 97.1 Å². The Morgan fingerprint density at radius 3 is 0.817 bits per heavy atom. The minimum Gasteiger partial charge on any atom is -0.325 e. The number of nitrogens with one attached hydrogen (secondary N) is 4. The molecule has 10 rings (SSSR count). The maximum Gasteiger partial charge on any atom is 0.230 e. The number of rotatable bonds is 37. The molecule has 4 aromatic carbocycles. The summed E-state index contributed by atoms with van der Waals surface area (Å²) in [5, 5.41) is 13.8. The van der Waals surface area contributed by atoms with Gasteiger partial charge in [0.25, 0.3) is 0 Å². The fourth-order valence-electron chi connectivity index (χ4n) is 18.6. The Bertz CT molecular complexity index is 3600. The second kappa shape index (κ2) is 51.5. The van der Waals surface area contributed by atoms with E-state index in [4.69, 9.17) is 0 Å². The number of unbranched alkanes of at least 4 members (excludes halogenated alkanes) is 2. The summed E-state index contributed by atoms with van der Waals surface area (Å²) in [6, 6.07) is 31.2. The van der Waals surface area contributed by atoms with Crippen LogP contribution < -0.4 is 21.3 Å². The lowest BCUT2D eigenvalue weighted by atomic mass is 9.67. The fourth-order valence-corrected chi connectivity index (χ4v) is 22.3.